The summed E-state index contributed by atoms with van der Waals surface area (Å²) in [5.74, 6) is 1.15. The van der Waals surface area contributed by atoms with Crippen LogP contribution in [0.2, 0.25) is 0 Å². The van der Waals surface area contributed by atoms with E-state index in [4.69, 9.17) is 0 Å². The third kappa shape index (κ3) is 3.67. The molecule has 1 nitrogen and oxygen atoms in total. The molecule has 0 spiro atoms. The maximum Gasteiger partial charge on any atom is 0.163 e. The van der Waals surface area contributed by atoms with Gasteiger partial charge in [-0.05, 0) is 23.3 Å². The first-order chi connectivity index (χ1) is 7.45. The molecular formula is C14H20OS. The van der Waals surface area contributed by atoms with Crippen molar-refractivity contribution >= 4 is 17.5 Å². The first-order valence-corrected chi connectivity index (χ1v) is 6.97. The van der Waals surface area contributed by atoms with Gasteiger partial charge in [-0.2, -0.15) is 11.8 Å². The van der Waals surface area contributed by atoms with Gasteiger partial charge in [-0.15, -0.1) is 0 Å². The fourth-order valence-electron chi connectivity index (χ4n) is 1.50. The Morgan fingerprint density at radius 1 is 1.31 bits per heavy atom. The van der Waals surface area contributed by atoms with Gasteiger partial charge in [0.2, 0.25) is 0 Å². The Hall–Kier alpha value is -0.760. The molecule has 1 rings (SSSR count). The SMILES string of the molecule is CSCCC(=O)c1cccc(C(C)(C)C)c1. The average Bonchev–Trinajstić information content (AvgIpc) is 2.25. The summed E-state index contributed by atoms with van der Waals surface area (Å²) in [6.45, 7) is 6.50. The minimum absolute atomic E-state index is 0.107. The molecule has 0 amide bonds. The maximum atomic E-state index is 11.9. The average molecular weight is 236 g/mol. The van der Waals surface area contributed by atoms with Crippen LogP contribution in [0.5, 0.6) is 0 Å². The molecule has 0 fully saturated rings. The van der Waals surface area contributed by atoms with Crippen molar-refractivity contribution in [2.45, 2.75) is 32.6 Å². The van der Waals surface area contributed by atoms with E-state index in [1.807, 2.05) is 24.5 Å². The van der Waals surface area contributed by atoms with Crippen LogP contribution in [0.25, 0.3) is 0 Å². The number of Topliss-reactive ketones (excluding diaryl/α,β-unsaturated/α-hetero) is 1. The minimum Gasteiger partial charge on any atom is -0.294 e. The van der Waals surface area contributed by atoms with Crippen LogP contribution in [0.1, 0.15) is 43.1 Å². The zero-order chi connectivity index (χ0) is 12.2. The van der Waals surface area contributed by atoms with Crippen LogP contribution >= 0.6 is 11.8 Å². The van der Waals surface area contributed by atoms with E-state index in [-0.39, 0.29) is 11.2 Å². The third-order valence-corrected chi connectivity index (χ3v) is 3.20. The molecule has 0 atom stereocenters. The number of rotatable bonds is 4. The number of benzene rings is 1. The van der Waals surface area contributed by atoms with Crippen LogP contribution < -0.4 is 0 Å². The molecule has 2 heteroatoms. The first kappa shape index (κ1) is 13.3. The lowest BCUT2D eigenvalue weighted by Crippen LogP contribution is -2.12. The van der Waals surface area contributed by atoms with Gasteiger partial charge >= 0.3 is 0 Å². The molecule has 16 heavy (non-hydrogen) atoms. The smallest absolute Gasteiger partial charge is 0.163 e. The number of hydrogen-bond acceptors (Lipinski definition) is 2. The summed E-state index contributed by atoms with van der Waals surface area (Å²) >= 11 is 1.71. The first-order valence-electron chi connectivity index (χ1n) is 5.58. The zero-order valence-corrected chi connectivity index (χ0v) is 11.4. The highest BCUT2D eigenvalue weighted by Crippen LogP contribution is 2.23. The molecule has 0 radical (unpaired) electrons. The number of hydrogen-bond donors (Lipinski definition) is 0. The lowest BCUT2D eigenvalue weighted by Gasteiger charge is -2.19. The fourth-order valence-corrected chi connectivity index (χ4v) is 1.89. The molecule has 0 saturated heterocycles. The quantitative estimate of drug-likeness (QED) is 0.737. The summed E-state index contributed by atoms with van der Waals surface area (Å²) in [4.78, 5) is 11.9. The molecule has 1 aromatic carbocycles. The summed E-state index contributed by atoms with van der Waals surface area (Å²) in [5, 5.41) is 0. The zero-order valence-electron chi connectivity index (χ0n) is 10.5. The number of thioether (sulfide) groups is 1. The molecule has 0 aliphatic carbocycles. The molecular weight excluding hydrogens is 216 g/mol. The van der Waals surface area contributed by atoms with Crippen molar-refractivity contribution in [2.24, 2.45) is 0 Å². The third-order valence-electron chi connectivity index (χ3n) is 2.58. The van der Waals surface area contributed by atoms with E-state index in [2.05, 4.69) is 26.8 Å². The topological polar surface area (TPSA) is 17.1 Å². The molecule has 1 aromatic rings. The van der Waals surface area contributed by atoms with Crippen LogP contribution in [0.4, 0.5) is 0 Å². The molecule has 0 N–H and O–H groups in total. The second-order valence-electron chi connectivity index (χ2n) is 5.00. The molecule has 0 aromatic heterocycles. The molecule has 0 aliphatic heterocycles. The van der Waals surface area contributed by atoms with Gasteiger partial charge in [0.15, 0.2) is 5.78 Å². The Morgan fingerprint density at radius 2 is 2.00 bits per heavy atom. The van der Waals surface area contributed by atoms with E-state index < -0.39 is 0 Å². The van der Waals surface area contributed by atoms with Crippen molar-refractivity contribution in [2.75, 3.05) is 12.0 Å². The highest BCUT2D eigenvalue weighted by atomic mass is 32.2. The number of ketones is 1. The molecule has 0 heterocycles. The summed E-state index contributed by atoms with van der Waals surface area (Å²) in [6.07, 6.45) is 2.66. The second-order valence-corrected chi connectivity index (χ2v) is 5.98. The van der Waals surface area contributed by atoms with E-state index in [1.54, 1.807) is 11.8 Å². The van der Waals surface area contributed by atoms with E-state index in [1.165, 1.54) is 5.56 Å². The molecule has 0 aliphatic rings. The van der Waals surface area contributed by atoms with Gasteiger partial charge in [-0.3, -0.25) is 4.79 Å². The highest BCUT2D eigenvalue weighted by Gasteiger charge is 2.15. The Labute approximate surface area is 103 Å². The van der Waals surface area contributed by atoms with Crippen LogP contribution in [0, 0.1) is 0 Å². The minimum atomic E-state index is 0.107. The second kappa shape index (κ2) is 5.53. The van der Waals surface area contributed by atoms with Gasteiger partial charge in [0.25, 0.3) is 0 Å². The summed E-state index contributed by atoms with van der Waals surface area (Å²) in [5.41, 5.74) is 2.18. The Kier molecular flexibility index (Phi) is 4.60. The summed E-state index contributed by atoms with van der Waals surface area (Å²) < 4.78 is 0. The Morgan fingerprint density at radius 3 is 2.56 bits per heavy atom. The predicted octanol–water partition coefficient (Wildman–Crippen LogP) is 3.92. The van der Waals surface area contributed by atoms with Crippen molar-refractivity contribution in [3.63, 3.8) is 0 Å². The van der Waals surface area contributed by atoms with Gasteiger partial charge < -0.3 is 0 Å². The van der Waals surface area contributed by atoms with E-state index in [0.29, 0.717) is 6.42 Å². The van der Waals surface area contributed by atoms with Crippen molar-refractivity contribution in [3.05, 3.63) is 35.4 Å². The van der Waals surface area contributed by atoms with E-state index in [0.717, 1.165) is 11.3 Å². The molecule has 0 saturated carbocycles. The summed E-state index contributed by atoms with van der Waals surface area (Å²) in [6, 6.07) is 8.01. The number of carbonyl (C=O) groups is 1. The lowest BCUT2D eigenvalue weighted by atomic mass is 9.86. The highest BCUT2D eigenvalue weighted by molar-refractivity contribution is 7.98. The van der Waals surface area contributed by atoms with Gasteiger partial charge in [0, 0.05) is 17.7 Å². The fraction of sp³-hybridized carbons (Fsp3) is 0.500. The van der Waals surface area contributed by atoms with Crippen LogP contribution in [0.3, 0.4) is 0 Å². The Balaban J connectivity index is 2.86. The van der Waals surface area contributed by atoms with Crippen LogP contribution in [-0.2, 0) is 5.41 Å². The van der Waals surface area contributed by atoms with Gasteiger partial charge in [0.1, 0.15) is 0 Å². The van der Waals surface area contributed by atoms with Gasteiger partial charge in [-0.1, -0.05) is 39.0 Å². The normalized spacial score (nSPS) is 11.5. The summed E-state index contributed by atoms with van der Waals surface area (Å²) in [7, 11) is 0. The predicted molar refractivity (Wildman–Crippen MR) is 72.5 cm³/mol. The molecule has 88 valence electrons. The number of carbonyl (C=O) groups excluding carboxylic acids is 1. The van der Waals surface area contributed by atoms with Crippen molar-refractivity contribution in [1.29, 1.82) is 0 Å². The van der Waals surface area contributed by atoms with Crippen LogP contribution in [-0.4, -0.2) is 17.8 Å². The Bertz CT molecular complexity index is 363. The maximum absolute atomic E-state index is 11.9. The lowest BCUT2D eigenvalue weighted by molar-refractivity contribution is 0.0989. The largest absolute Gasteiger partial charge is 0.294 e. The van der Waals surface area contributed by atoms with Crippen molar-refractivity contribution in [1.82, 2.24) is 0 Å². The van der Waals surface area contributed by atoms with E-state index in [9.17, 15) is 4.79 Å². The van der Waals surface area contributed by atoms with Crippen molar-refractivity contribution in [3.8, 4) is 0 Å². The van der Waals surface area contributed by atoms with Gasteiger partial charge in [0.05, 0.1) is 0 Å². The molecule has 0 bridgehead atoms. The molecule has 0 unspecified atom stereocenters. The van der Waals surface area contributed by atoms with E-state index >= 15 is 0 Å². The standard InChI is InChI=1S/C14H20OS/c1-14(2,3)12-7-5-6-11(10-12)13(15)8-9-16-4/h5-7,10H,8-9H2,1-4H3. The van der Waals surface area contributed by atoms with Crippen molar-refractivity contribution < 1.29 is 4.79 Å². The van der Waals surface area contributed by atoms with Gasteiger partial charge in [-0.25, -0.2) is 0 Å². The van der Waals surface area contributed by atoms with Crippen LogP contribution in [0.15, 0.2) is 24.3 Å². The monoisotopic (exact) mass is 236 g/mol.